The van der Waals surface area contributed by atoms with Crippen LogP contribution in [0, 0.1) is 5.92 Å². The zero-order chi connectivity index (χ0) is 9.97. The lowest BCUT2D eigenvalue weighted by atomic mass is 9.81. The van der Waals surface area contributed by atoms with Crippen molar-refractivity contribution in [3.05, 3.63) is 5.01 Å². The van der Waals surface area contributed by atoms with Crippen molar-refractivity contribution < 1.29 is 0 Å². The average molecular weight is 211 g/mol. The summed E-state index contributed by atoms with van der Waals surface area (Å²) < 4.78 is 4.04. The van der Waals surface area contributed by atoms with Crippen LogP contribution >= 0.6 is 11.5 Å². The Kier molecular flexibility index (Phi) is 3.01. The molecule has 1 aromatic heterocycles. The van der Waals surface area contributed by atoms with Gasteiger partial charge in [0.2, 0.25) is 5.95 Å². The molecule has 0 unspecified atom stereocenters. The highest BCUT2D eigenvalue weighted by Crippen LogP contribution is 2.37. The van der Waals surface area contributed by atoms with Crippen molar-refractivity contribution in [3.8, 4) is 0 Å². The third kappa shape index (κ3) is 2.05. The molecule has 14 heavy (non-hydrogen) atoms. The Bertz CT molecular complexity index is 289. The van der Waals surface area contributed by atoms with Crippen molar-refractivity contribution in [1.82, 2.24) is 9.36 Å². The standard InChI is InChI=1S/C10H17N3S/c1-2-7-3-5-8(6-4-7)9-12-10(11)13-14-9/h7-8H,2-6H2,1H3,(H2,11,13). The van der Waals surface area contributed by atoms with Crippen LogP contribution < -0.4 is 5.73 Å². The molecule has 1 aliphatic rings. The maximum absolute atomic E-state index is 5.53. The van der Waals surface area contributed by atoms with Gasteiger partial charge in [-0.15, -0.1) is 0 Å². The Labute approximate surface area is 88.9 Å². The van der Waals surface area contributed by atoms with Crippen LogP contribution in [-0.2, 0) is 0 Å². The van der Waals surface area contributed by atoms with Crippen LogP contribution in [-0.4, -0.2) is 9.36 Å². The van der Waals surface area contributed by atoms with E-state index in [0.717, 1.165) is 10.9 Å². The summed E-state index contributed by atoms with van der Waals surface area (Å²) in [6.07, 6.45) is 6.56. The predicted molar refractivity (Wildman–Crippen MR) is 59.3 cm³/mol. The van der Waals surface area contributed by atoms with E-state index in [2.05, 4.69) is 16.3 Å². The first-order chi connectivity index (χ1) is 6.79. The number of anilines is 1. The van der Waals surface area contributed by atoms with E-state index in [0.29, 0.717) is 11.9 Å². The fourth-order valence-electron chi connectivity index (χ4n) is 2.23. The molecule has 1 aromatic rings. The van der Waals surface area contributed by atoms with Gasteiger partial charge >= 0.3 is 0 Å². The van der Waals surface area contributed by atoms with Crippen LogP contribution in [0.2, 0.25) is 0 Å². The molecule has 0 spiro atoms. The fourth-order valence-corrected chi connectivity index (χ4v) is 2.98. The Hall–Kier alpha value is -0.640. The number of hydrogen-bond donors (Lipinski definition) is 1. The molecule has 0 bridgehead atoms. The van der Waals surface area contributed by atoms with Crippen molar-refractivity contribution >= 4 is 17.5 Å². The van der Waals surface area contributed by atoms with E-state index in [-0.39, 0.29) is 0 Å². The molecule has 0 amide bonds. The van der Waals surface area contributed by atoms with Crippen molar-refractivity contribution in [2.75, 3.05) is 5.73 Å². The third-order valence-electron chi connectivity index (χ3n) is 3.23. The number of hydrogen-bond acceptors (Lipinski definition) is 4. The highest BCUT2D eigenvalue weighted by atomic mass is 32.1. The number of nitrogens with two attached hydrogens (primary N) is 1. The lowest BCUT2D eigenvalue weighted by molar-refractivity contribution is 0.318. The van der Waals surface area contributed by atoms with Gasteiger partial charge in [-0.05, 0) is 43.1 Å². The first kappa shape index (κ1) is 9.90. The Balaban J connectivity index is 1.95. The first-order valence-corrected chi connectivity index (χ1v) is 6.16. The molecule has 1 heterocycles. The summed E-state index contributed by atoms with van der Waals surface area (Å²) in [6.45, 7) is 2.29. The quantitative estimate of drug-likeness (QED) is 0.818. The van der Waals surface area contributed by atoms with Crippen molar-refractivity contribution in [2.45, 2.75) is 44.9 Å². The highest BCUT2D eigenvalue weighted by molar-refractivity contribution is 7.05. The summed E-state index contributed by atoms with van der Waals surface area (Å²) in [6, 6.07) is 0. The lowest BCUT2D eigenvalue weighted by Gasteiger charge is -2.25. The molecular formula is C10H17N3S. The van der Waals surface area contributed by atoms with E-state index in [1.807, 2.05) is 0 Å². The molecule has 0 aliphatic heterocycles. The summed E-state index contributed by atoms with van der Waals surface area (Å²) in [5, 5.41) is 1.15. The van der Waals surface area contributed by atoms with Crippen molar-refractivity contribution in [1.29, 1.82) is 0 Å². The lowest BCUT2D eigenvalue weighted by Crippen LogP contribution is -2.12. The van der Waals surface area contributed by atoms with Gasteiger partial charge in [0, 0.05) is 5.92 Å². The number of aromatic nitrogens is 2. The van der Waals surface area contributed by atoms with Gasteiger partial charge in [-0.3, -0.25) is 0 Å². The Morgan fingerprint density at radius 3 is 2.57 bits per heavy atom. The molecule has 3 nitrogen and oxygen atoms in total. The number of nitrogen functional groups attached to an aromatic ring is 1. The second-order valence-corrected chi connectivity index (χ2v) is 4.90. The van der Waals surface area contributed by atoms with Crippen LogP contribution in [0.4, 0.5) is 5.95 Å². The molecule has 1 saturated carbocycles. The van der Waals surface area contributed by atoms with E-state index >= 15 is 0 Å². The Morgan fingerprint density at radius 2 is 2.07 bits per heavy atom. The largest absolute Gasteiger partial charge is 0.367 e. The van der Waals surface area contributed by atoms with Gasteiger partial charge in [-0.1, -0.05) is 13.3 Å². The zero-order valence-corrected chi connectivity index (χ0v) is 9.39. The van der Waals surface area contributed by atoms with Gasteiger partial charge in [-0.25, -0.2) is 4.98 Å². The molecule has 1 aliphatic carbocycles. The summed E-state index contributed by atoms with van der Waals surface area (Å²) in [5.74, 6) is 2.02. The smallest absolute Gasteiger partial charge is 0.232 e. The summed E-state index contributed by atoms with van der Waals surface area (Å²) in [5.41, 5.74) is 5.53. The predicted octanol–water partition coefficient (Wildman–Crippen LogP) is 2.80. The molecule has 0 aromatic carbocycles. The second-order valence-electron chi connectivity index (χ2n) is 4.12. The molecule has 0 atom stereocenters. The normalized spacial score (nSPS) is 27.8. The van der Waals surface area contributed by atoms with Gasteiger partial charge in [0.1, 0.15) is 5.01 Å². The minimum atomic E-state index is 0.447. The van der Waals surface area contributed by atoms with Crippen molar-refractivity contribution in [2.24, 2.45) is 5.92 Å². The molecule has 78 valence electrons. The third-order valence-corrected chi connectivity index (χ3v) is 4.12. The van der Waals surface area contributed by atoms with Gasteiger partial charge in [0.25, 0.3) is 0 Å². The monoisotopic (exact) mass is 211 g/mol. The van der Waals surface area contributed by atoms with E-state index < -0.39 is 0 Å². The van der Waals surface area contributed by atoms with Crippen LogP contribution in [0.25, 0.3) is 0 Å². The van der Waals surface area contributed by atoms with Gasteiger partial charge in [0.15, 0.2) is 0 Å². The van der Waals surface area contributed by atoms with E-state index in [9.17, 15) is 0 Å². The van der Waals surface area contributed by atoms with E-state index in [4.69, 9.17) is 5.73 Å². The molecule has 0 saturated heterocycles. The van der Waals surface area contributed by atoms with Crippen LogP contribution in [0.15, 0.2) is 0 Å². The van der Waals surface area contributed by atoms with Gasteiger partial charge in [0.05, 0.1) is 0 Å². The highest BCUT2D eigenvalue weighted by Gasteiger charge is 2.23. The topological polar surface area (TPSA) is 51.8 Å². The average Bonchev–Trinajstić information content (AvgIpc) is 2.65. The molecule has 1 fully saturated rings. The number of rotatable bonds is 2. The minimum Gasteiger partial charge on any atom is -0.367 e. The molecule has 2 N–H and O–H groups in total. The fraction of sp³-hybridized carbons (Fsp3) is 0.800. The SMILES string of the molecule is CCC1CCC(c2nc(N)ns2)CC1. The van der Waals surface area contributed by atoms with Crippen LogP contribution in [0.3, 0.4) is 0 Å². The van der Waals surface area contributed by atoms with E-state index in [1.54, 1.807) is 0 Å². The summed E-state index contributed by atoms with van der Waals surface area (Å²) >= 11 is 1.48. The van der Waals surface area contributed by atoms with Gasteiger partial charge < -0.3 is 5.73 Å². The van der Waals surface area contributed by atoms with Crippen LogP contribution in [0.1, 0.15) is 50.0 Å². The summed E-state index contributed by atoms with van der Waals surface area (Å²) in [7, 11) is 0. The van der Waals surface area contributed by atoms with Gasteiger partial charge in [-0.2, -0.15) is 4.37 Å². The number of nitrogens with zero attached hydrogens (tertiary/aromatic N) is 2. The summed E-state index contributed by atoms with van der Waals surface area (Å²) in [4.78, 5) is 4.27. The van der Waals surface area contributed by atoms with E-state index in [1.165, 1.54) is 43.6 Å². The minimum absolute atomic E-state index is 0.447. The zero-order valence-electron chi connectivity index (χ0n) is 8.57. The molecular weight excluding hydrogens is 194 g/mol. The Morgan fingerprint density at radius 1 is 1.36 bits per heavy atom. The molecule has 4 heteroatoms. The second kappa shape index (κ2) is 4.26. The molecule has 2 rings (SSSR count). The first-order valence-electron chi connectivity index (χ1n) is 5.38. The van der Waals surface area contributed by atoms with Crippen LogP contribution in [0.5, 0.6) is 0 Å². The van der Waals surface area contributed by atoms with Crippen molar-refractivity contribution in [3.63, 3.8) is 0 Å². The maximum atomic E-state index is 5.53. The maximum Gasteiger partial charge on any atom is 0.232 e. The molecule has 0 radical (unpaired) electrons.